The molecular weight excluding hydrogens is 314 g/mol. The van der Waals surface area contributed by atoms with E-state index in [9.17, 15) is 4.79 Å². The number of anilines is 1. The van der Waals surface area contributed by atoms with E-state index in [0.29, 0.717) is 5.92 Å². The lowest BCUT2D eigenvalue weighted by molar-refractivity contribution is -0.121. The Bertz CT molecular complexity index is 529. The first-order valence-electron chi connectivity index (χ1n) is 10.2. The van der Waals surface area contributed by atoms with E-state index in [-0.39, 0.29) is 11.8 Å². The van der Waals surface area contributed by atoms with Crippen LogP contribution in [0, 0.1) is 17.8 Å². The molecule has 2 heterocycles. The smallest absolute Gasteiger partial charge is 0.227 e. The third kappa shape index (κ3) is 5.56. The minimum absolute atomic E-state index is 0.178. The lowest BCUT2D eigenvalue weighted by Crippen LogP contribution is -2.27. The number of carbonyl (C=O) groups excluding carboxylic acids is 1. The van der Waals surface area contributed by atoms with E-state index < -0.39 is 0 Å². The van der Waals surface area contributed by atoms with Crippen molar-refractivity contribution in [3.63, 3.8) is 0 Å². The molecule has 5 nitrogen and oxygen atoms in total. The van der Waals surface area contributed by atoms with Crippen LogP contribution in [0.2, 0.25) is 0 Å². The highest BCUT2D eigenvalue weighted by Gasteiger charge is 2.26. The molecule has 2 aliphatic rings. The number of amides is 1. The standard InChI is InChI=1S/C20H33N3O2/c1-2-3-4-16-5-7-18(8-6-16)20(24)22-19-13-21-23(15-19)14-17-9-11-25-12-10-17/h13,15-18H,2-12,14H2,1H3,(H,22,24). The van der Waals surface area contributed by atoms with Crippen molar-refractivity contribution in [3.05, 3.63) is 12.4 Å². The van der Waals surface area contributed by atoms with Gasteiger partial charge >= 0.3 is 0 Å². The fraction of sp³-hybridized carbons (Fsp3) is 0.800. The zero-order valence-electron chi connectivity index (χ0n) is 15.6. The maximum atomic E-state index is 12.5. The zero-order chi connectivity index (χ0) is 17.5. The van der Waals surface area contributed by atoms with Gasteiger partial charge in [0.2, 0.25) is 5.91 Å². The van der Waals surface area contributed by atoms with E-state index in [1.807, 2.05) is 10.9 Å². The van der Waals surface area contributed by atoms with Gasteiger partial charge in [0.15, 0.2) is 0 Å². The van der Waals surface area contributed by atoms with Crippen molar-refractivity contribution in [2.24, 2.45) is 17.8 Å². The molecule has 0 atom stereocenters. The molecule has 1 aromatic heterocycles. The van der Waals surface area contributed by atoms with Crippen molar-refractivity contribution in [3.8, 4) is 0 Å². The highest BCUT2D eigenvalue weighted by molar-refractivity contribution is 5.92. The second-order valence-corrected chi connectivity index (χ2v) is 7.86. The van der Waals surface area contributed by atoms with Crippen molar-refractivity contribution in [2.75, 3.05) is 18.5 Å². The first kappa shape index (κ1) is 18.4. The molecule has 1 N–H and O–H groups in total. The Morgan fingerprint density at radius 3 is 2.68 bits per heavy atom. The molecule has 0 spiro atoms. The zero-order valence-corrected chi connectivity index (χ0v) is 15.6. The fourth-order valence-corrected chi connectivity index (χ4v) is 4.17. The molecule has 0 bridgehead atoms. The van der Waals surface area contributed by atoms with Crippen molar-refractivity contribution < 1.29 is 9.53 Å². The number of hydrogen-bond donors (Lipinski definition) is 1. The van der Waals surface area contributed by atoms with Crippen LogP contribution >= 0.6 is 0 Å². The Hall–Kier alpha value is -1.36. The molecule has 1 aliphatic carbocycles. The number of hydrogen-bond acceptors (Lipinski definition) is 3. The second-order valence-electron chi connectivity index (χ2n) is 7.86. The van der Waals surface area contributed by atoms with Crippen LogP contribution in [0.4, 0.5) is 5.69 Å². The molecule has 1 saturated carbocycles. The average Bonchev–Trinajstić information content (AvgIpc) is 3.08. The predicted octanol–water partition coefficient (Wildman–Crippen LogP) is 4.24. The van der Waals surface area contributed by atoms with Crippen LogP contribution in [-0.2, 0) is 16.1 Å². The van der Waals surface area contributed by atoms with Gasteiger partial charge in [-0.15, -0.1) is 0 Å². The first-order valence-corrected chi connectivity index (χ1v) is 10.2. The van der Waals surface area contributed by atoms with Gasteiger partial charge in [-0.2, -0.15) is 5.10 Å². The van der Waals surface area contributed by atoms with Crippen LogP contribution in [0.3, 0.4) is 0 Å². The summed E-state index contributed by atoms with van der Waals surface area (Å²) in [6.07, 6.45) is 14.4. The lowest BCUT2D eigenvalue weighted by Gasteiger charge is -2.27. The van der Waals surface area contributed by atoms with Crippen LogP contribution in [0.5, 0.6) is 0 Å². The lowest BCUT2D eigenvalue weighted by atomic mass is 9.79. The van der Waals surface area contributed by atoms with E-state index in [0.717, 1.165) is 57.0 Å². The molecule has 140 valence electrons. The molecule has 5 heteroatoms. The van der Waals surface area contributed by atoms with Crippen LogP contribution in [0.25, 0.3) is 0 Å². The van der Waals surface area contributed by atoms with E-state index in [4.69, 9.17) is 4.74 Å². The van der Waals surface area contributed by atoms with Gasteiger partial charge in [-0.25, -0.2) is 0 Å². The molecule has 1 saturated heterocycles. The van der Waals surface area contributed by atoms with Gasteiger partial charge in [-0.05, 0) is 50.4 Å². The highest BCUT2D eigenvalue weighted by Crippen LogP contribution is 2.32. The highest BCUT2D eigenvalue weighted by atomic mass is 16.5. The summed E-state index contributed by atoms with van der Waals surface area (Å²) in [4.78, 5) is 12.5. The molecule has 1 aliphatic heterocycles. The van der Waals surface area contributed by atoms with Gasteiger partial charge in [0.05, 0.1) is 11.9 Å². The summed E-state index contributed by atoms with van der Waals surface area (Å²) in [7, 11) is 0. The molecule has 25 heavy (non-hydrogen) atoms. The summed E-state index contributed by atoms with van der Waals surface area (Å²) in [6, 6.07) is 0. The molecule has 0 aromatic carbocycles. The maximum absolute atomic E-state index is 12.5. The summed E-state index contributed by atoms with van der Waals surface area (Å²) in [5.41, 5.74) is 0.838. The number of aromatic nitrogens is 2. The van der Waals surface area contributed by atoms with Gasteiger partial charge in [0.1, 0.15) is 0 Å². The largest absolute Gasteiger partial charge is 0.381 e. The number of rotatable bonds is 7. The van der Waals surface area contributed by atoms with Crippen molar-refractivity contribution in [1.29, 1.82) is 0 Å². The van der Waals surface area contributed by atoms with Crippen LogP contribution in [0.1, 0.15) is 64.7 Å². The van der Waals surface area contributed by atoms with E-state index in [2.05, 4.69) is 17.3 Å². The van der Waals surface area contributed by atoms with Gasteiger partial charge in [0.25, 0.3) is 0 Å². The minimum atomic E-state index is 0.178. The van der Waals surface area contributed by atoms with Gasteiger partial charge < -0.3 is 10.1 Å². The second kappa shape index (κ2) is 9.37. The molecule has 1 aromatic rings. The summed E-state index contributed by atoms with van der Waals surface area (Å²) in [5, 5.41) is 7.50. The SMILES string of the molecule is CCCCC1CCC(C(=O)Nc2cnn(CC3CCOCC3)c2)CC1. The Morgan fingerprint density at radius 1 is 1.20 bits per heavy atom. The summed E-state index contributed by atoms with van der Waals surface area (Å²) in [6.45, 7) is 4.88. The number of nitrogens with zero attached hydrogens (tertiary/aromatic N) is 2. The monoisotopic (exact) mass is 347 g/mol. The molecule has 0 unspecified atom stereocenters. The van der Waals surface area contributed by atoms with Crippen LogP contribution < -0.4 is 5.32 Å². The fourth-order valence-electron chi connectivity index (χ4n) is 4.17. The topological polar surface area (TPSA) is 56.2 Å². The van der Waals surface area contributed by atoms with Crippen LogP contribution in [0.15, 0.2) is 12.4 Å². The van der Waals surface area contributed by atoms with Crippen molar-refractivity contribution >= 4 is 11.6 Å². The minimum Gasteiger partial charge on any atom is -0.381 e. The van der Waals surface area contributed by atoms with E-state index >= 15 is 0 Å². The molecule has 0 radical (unpaired) electrons. The van der Waals surface area contributed by atoms with Gasteiger partial charge in [-0.3, -0.25) is 9.48 Å². The average molecular weight is 348 g/mol. The predicted molar refractivity (Wildman–Crippen MR) is 99.4 cm³/mol. The number of unbranched alkanes of at least 4 members (excludes halogenated alkanes) is 1. The summed E-state index contributed by atoms with van der Waals surface area (Å²) < 4.78 is 7.37. The molecule has 3 rings (SSSR count). The first-order chi connectivity index (χ1) is 12.2. The van der Waals surface area contributed by atoms with E-state index in [1.165, 1.54) is 32.1 Å². The Balaban J connectivity index is 1.42. The van der Waals surface area contributed by atoms with Crippen molar-refractivity contribution in [2.45, 2.75) is 71.3 Å². The Labute approximate surface area is 151 Å². The third-order valence-corrected chi connectivity index (χ3v) is 5.87. The van der Waals surface area contributed by atoms with Crippen LogP contribution in [-0.4, -0.2) is 28.9 Å². The molecule has 2 fully saturated rings. The van der Waals surface area contributed by atoms with Gasteiger partial charge in [-0.1, -0.05) is 26.2 Å². The Kier molecular flexibility index (Phi) is 6.91. The maximum Gasteiger partial charge on any atom is 0.227 e. The third-order valence-electron chi connectivity index (χ3n) is 5.87. The van der Waals surface area contributed by atoms with Gasteiger partial charge in [0, 0.05) is 31.9 Å². The summed E-state index contributed by atoms with van der Waals surface area (Å²) in [5.74, 6) is 1.83. The normalized spacial score (nSPS) is 25.0. The number of nitrogens with one attached hydrogen (secondary N) is 1. The quantitative estimate of drug-likeness (QED) is 0.802. The number of carbonyl (C=O) groups is 1. The number of ether oxygens (including phenoxy) is 1. The van der Waals surface area contributed by atoms with E-state index in [1.54, 1.807) is 6.20 Å². The summed E-state index contributed by atoms with van der Waals surface area (Å²) >= 11 is 0. The van der Waals surface area contributed by atoms with Crippen molar-refractivity contribution in [1.82, 2.24) is 9.78 Å². The molecular formula is C20H33N3O2. The Morgan fingerprint density at radius 2 is 1.96 bits per heavy atom. The molecule has 1 amide bonds.